The number of nitrogens with zero attached hydrogens (tertiary/aromatic N) is 3. The van der Waals surface area contributed by atoms with Gasteiger partial charge in [-0.05, 0) is 70.7 Å². The highest BCUT2D eigenvalue weighted by Gasteiger charge is 2.23. The molecule has 1 aliphatic rings. The van der Waals surface area contributed by atoms with Gasteiger partial charge in [0.05, 0.1) is 17.5 Å². The summed E-state index contributed by atoms with van der Waals surface area (Å²) in [5.74, 6) is 0.629. The van der Waals surface area contributed by atoms with Crippen LogP contribution < -0.4 is 15.8 Å². The third-order valence-corrected chi connectivity index (χ3v) is 4.67. The molecular formula is C19H27N5O2. The van der Waals surface area contributed by atoms with Crippen LogP contribution in [0.2, 0.25) is 0 Å². The first kappa shape index (κ1) is 18.4. The molecule has 0 spiro atoms. The number of hydrogen-bond donors (Lipinski definition) is 2. The van der Waals surface area contributed by atoms with Crippen LogP contribution in [0.4, 0.5) is 0 Å². The van der Waals surface area contributed by atoms with E-state index in [1.54, 1.807) is 4.68 Å². The van der Waals surface area contributed by atoms with Crippen LogP contribution in [0.5, 0.6) is 5.75 Å². The minimum atomic E-state index is -0.172. The van der Waals surface area contributed by atoms with Crippen molar-refractivity contribution in [3.05, 3.63) is 35.7 Å². The smallest absolute Gasteiger partial charge is 0.273 e. The predicted octanol–water partition coefficient (Wildman–Crippen LogP) is 2.36. The molecule has 2 aromatic rings. The van der Waals surface area contributed by atoms with Gasteiger partial charge in [0.15, 0.2) is 5.69 Å². The van der Waals surface area contributed by atoms with E-state index in [1.807, 2.05) is 45.0 Å². The third-order valence-electron chi connectivity index (χ3n) is 4.67. The zero-order valence-electron chi connectivity index (χ0n) is 15.6. The molecule has 0 unspecified atom stereocenters. The largest absolute Gasteiger partial charge is 0.491 e. The fourth-order valence-corrected chi connectivity index (χ4v) is 3.24. The molecule has 3 N–H and O–H groups in total. The van der Waals surface area contributed by atoms with Crippen molar-refractivity contribution in [1.29, 1.82) is 0 Å². The van der Waals surface area contributed by atoms with Crippen molar-refractivity contribution in [3.63, 3.8) is 0 Å². The number of nitrogens with one attached hydrogen (secondary N) is 1. The van der Waals surface area contributed by atoms with Crippen molar-refractivity contribution in [2.75, 3.05) is 0 Å². The first-order chi connectivity index (χ1) is 12.4. The Bertz CT molecular complexity index is 746. The normalized spacial score (nSPS) is 20.2. The molecule has 140 valence electrons. The highest BCUT2D eigenvalue weighted by Crippen LogP contribution is 2.20. The Morgan fingerprint density at radius 2 is 1.88 bits per heavy atom. The van der Waals surface area contributed by atoms with E-state index in [1.165, 1.54) is 0 Å². The highest BCUT2D eigenvalue weighted by atomic mass is 16.5. The van der Waals surface area contributed by atoms with Gasteiger partial charge in [-0.2, -0.15) is 0 Å². The minimum absolute atomic E-state index is 0.124. The van der Waals surface area contributed by atoms with Crippen molar-refractivity contribution >= 4 is 5.91 Å². The number of aromatic nitrogens is 3. The quantitative estimate of drug-likeness (QED) is 0.856. The van der Waals surface area contributed by atoms with Gasteiger partial charge in [-0.25, -0.2) is 4.68 Å². The fraction of sp³-hybridized carbons (Fsp3) is 0.526. The Morgan fingerprint density at radius 3 is 2.50 bits per heavy atom. The average Bonchev–Trinajstić information content (AvgIpc) is 2.99. The van der Waals surface area contributed by atoms with Gasteiger partial charge in [0.2, 0.25) is 0 Å². The maximum atomic E-state index is 12.6. The first-order valence-electron chi connectivity index (χ1n) is 9.20. The molecule has 0 bridgehead atoms. The summed E-state index contributed by atoms with van der Waals surface area (Å²) in [6.45, 7) is 5.82. The van der Waals surface area contributed by atoms with Gasteiger partial charge in [-0.3, -0.25) is 4.79 Å². The molecule has 7 nitrogen and oxygen atoms in total. The Labute approximate surface area is 153 Å². The molecule has 0 saturated heterocycles. The van der Waals surface area contributed by atoms with Crippen LogP contribution >= 0.6 is 0 Å². The second-order valence-corrected chi connectivity index (χ2v) is 7.18. The van der Waals surface area contributed by atoms with E-state index in [-0.39, 0.29) is 24.1 Å². The minimum Gasteiger partial charge on any atom is -0.491 e. The van der Waals surface area contributed by atoms with Crippen LogP contribution in [-0.2, 0) is 0 Å². The number of ether oxygens (including phenoxy) is 1. The molecule has 7 heteroatoms. The van der Waals surface area contributed by atoms with E-state index in [0.29, 0.717) is 11.4 Å². The second kappa shape index (κ2) is 7.86. The summed E-state index contributed by atoms with van der Waals surface area (Å²) in [7, 11) is 0. The third kappa shape index (κ3) is 4.22. The summed E-state index contributed by atoms with van der Waals surface area (Å²) < 4.78 is 7.32. The van der Waals surface area contributed by atoms with Crippen molar-refractivity contribution in [2.24, 2.45) is 5.73 Å². The van der Waals surface area contributed by atoms with Crippen LogP contribution in [0, 0.1) is 6.92 Å². The Balaban J connectivity index is 1.70. The lowest BCUT2D eigenvalue weighted by Gasteiger charge is -2.26. The summed E-state index contributed by atoms with van der Waals surface area (Å²) in [5, 5.41) is 11.3. The van der Waals surface area contributed by atoms with Gasteiger partial charge in [0.25, 0.3) is 5.91 Å². The maximum absolute atomic E-state index is 12.6. The summed E-state index contributed by atoms with van der Waals surface area (Å²) >= 11 is 0. The van der Waals surface area contributed by atoms with Gasteiger partial charge < -0.3 is 15.8 Å². The molecule has 0 radical (unpaired) electrons. The Morgan fingerprint density at radius 1 is 1.23 bits per heavy atom. The summed E-state index contributed by atoms with van der Waals surface area (Å²) in [6.07, 6.45) is 3.84. The van der Waals surface area contributed by atoms with E-state index in [4.69, 9.17) is 10.5 Å². The molecule has 1 amide bonds. The lowest BCUT2D eigenvalue weighted by atomic mass is 9.92. The SMILES string of the molecule is Cc1c(C(=O)NC2CCC(N)CC2)nnn1-c1ccc(OC(C)C)cc1. The van der Waals surface area contributed by atoms with Gasteiger partial charge in [0, 0.05) is 12.1 Å². The van der Waals surface area contributed by atoms with Crippen LogP contribution in [0.3, 0.4) is 0 Å². The highest BCUT2D eigenvalue weighted by molar-refractivity contribution is 5.93. The second-order valence-electron chi connectivity index (χ2n) is 7.18. The van der Waals surface area contributed by atoms with E-state index in [9.17, 15) is 4.79 Å². The van der Waals surface area contributed by atoms with Gasteiger partial charge in [0.1, 0.15) is 5.75 Å². The van der Waals surface area contributed by atoms with E-state index < -0.39 is 0 Å². The monoisotopic (exact) mass is 357 g/mol. The molecule has 1 aromatic heterocycles. The number of hydrogen-bond acceptors (Lipinski definition) is 5. The molecule has 1 heterocycles. The number of carbonyl (C=O) groups is 1. The maximum Gasteiger partial charge on any atom is 0.273 e. The van der Waals surface area contributed by atoms with Crippen molar-refractivity contribution in [1.82, 2.24) is 20.3 Å². The van der Waals surface area contributed by atoms with Crippen LogP contribution in [0.15, 0.2) is 24.3 Å². The Hall–Kier alpha value is -2.41. The van der Waals surface area contributed by atoms with Crippen LogP contribution in [0.25, 0.3) is 5.69 Å². The summed E-state index contributed by atoms with van der Waals surface area (Å²) in [4.78, 5) is 12.6. The molecule has 1 saturated carbocycles. The fourth-order valence-electron chi connectivity index (χ4n) is 3.24. The van der Waals surface area contributed by atoms with Crippen molar-refractivity contribution in [3.8, 4) is 11.4 Å². The average molecular weight is 357 g/mol. The topological polar surface area (TPSA) is 95.1 Å². The van der Waals surface area contributed by atoms with E-state index in [2.05, 4.69) is 15.6 Å². The molecule has 1 aromatic carbocycles. The lowest BCUT2D eigenvalue weighted by molar-refractivity contribution is 0.0920. The lowest BCUT2D eigenvalue weighted by Crippen LogP contribution is -2.40. The van der Waals surface area contributed by atoms with Crippen molar-refractivity contribution in [2.45, 2.75) is 64.6 Å². The molecule has 26 heavy (non-hydrogen) atoms. The molecular weight excluding hydrogens is 330 g/mol. The molecule has 0 atom stereocenters. The molecule has 0 aliphatic heterocycles. The molecule has 1 aliphatic carbocycles. The number of nitrogens with two attached hydrogens (primary N) is 1. The zero-order valence-corrected chi connectivity index (χ0v) is 15.6. The number of amides is 1. The standard InChI is InChI=1S/C19H27N5O2/c1-12(2)26-17-10-8-16(9-11-17)24-13(3)18(22-23-24)19(25)21-15-6-4-14(20)5-7-15/h8-12,14-15H,4-7,20H2,1-3H3,(H,21,25). The van der Waals surface area contributed by atoms with Gasteiger partial charge >= 0.3 is 0 Å². The van der Waals surface area contributed by atoms with Crippen molar-refractivity contribution < 1.29 is 9.53 Å². The predicted molar refractivity (Wildman–Crippen MR) is 99.6 cm³/mol. The number of carbonyl (C=O) groups excluding carboxylic acids is 1. The van der Waals surface area contributed by atoms with Gasteiger partial charge in [-0.15, -0.1) is 5.10 Å². The van der Waals surface area contributed by atoms with Crippen LogP contribution in [0.1, 0.15) is 55.7 Å². The first-order valence-corrected chi connectivity index (χ1v) is 9.20. The van der Waals surface area contributed by atoms with E-state index >= 15 is 0 Å². The van der Waals surface area contributed by atoms with E-state index in [0.717, 1.165) is 37.1 Å². The van der Waals surface area contributed by atoms with Gasteiger partial charge in [-0.1, -0.05) is 5.21 Å². The number of rotatable bonds is 5. The Kier molecular flexibility index (Phi) is 5.56. The number of benzene rings is 1. The molecule has 3 rings (SSSR count). The molecule has 1 fully saturated rings. The summed E-state index contributed by atoms with van der Waals surface area (Å²) in [6, 6.07) is 8.02. The van der Waals surface area contributed by atoms with Crippen LogP contribution in [-0.4, -0.2) is 39.1 Å². The zero-order chi connectivity index (χ0) is 18.7. The summed E-state index contributed by atoms with van der Waals surface area (Å²) in [5.41, 5.74) is 7.84.